The van der Waals surface area contributed by atoms with Crippen LogP contribution in [0.1, 0.15) is 19.0 Å². The van der Waals surface area contributed by atoms with Gasteiger partial charge in [0.05, 0.1) is 12.5 Å². The number of hydrogen-bond acceptors (Lipinski definition) is 3. The van der Waals surface area contributed by atoms with Gasteiger partial charge in [0.2, 0.25) is 0 Å². The lowest BCUT2D eigenvalue weighted by Gasteiger charge is -2.22. The third-order valence-corrected chi connectivity index (χ3v) is 2.78. The lowest BCUT2D eigenvalue weighted by atomic mass is 10.2. The number of nitriles is 1. The number of aromatic nitrogens is 2. The van der Waals surface area contributed by atoms with E-state index in [1.165, 1.54) is 5.69 Å². The molecule has 4 nitrogen and oxygen atoms in total. The molecule has 1 heterocycles. The highest BCUT2D eigenvalue weighted by atomic mass is 15.3. The summed E-state index contributed by atoms with van der Waals surface area (Å²) in [4.78, 5) is 2.20. The Morgan fingerprint density at radius 1 is 1.67 bits per heavy atom. The molecule has 0 aliphatic heterocycles. The fraction of sp³-hybridized carbons (Fsp3) is 0.636. The third-order valence-electron chi connectivity index (χ3n) is 2.78. The molecule has 0 aliphatic carbocycles. The molecule has 0 saturated heterocycles. The average Bonchev–Trinajstić information content (AvgIpc) is 2.61. The first kappa shape index (κ1) is 11.7. The van der Waals surface area contributed by atoms with E-state index in [0.717, 1.165) is 13.0 Å². The molecule has 1 aromatic heterocycles. The van der Waals surface area contributed by atoms with E-state index in [4.69, 9.17) is 5.26 Å². The quantitative estimate of drug-likeness (QED) is 0.727. The largest absolute Gasteiger partial charge is 0.302 e. The minimum atomic E-state index is 0.322. The highest BCUT2D eigenvalue weighted by molar-refractivity contribution is 5.00. The van der Waals surface area contributed by atoms with Crippen molar-refractivity contribution in [2.45, 2.75) is 25.8 Å². The van der Waals surface area contributed by atoms with Gasteiger partial charge >= 0.3 is 0 Å². The fourth-order valence-electron chi connectivity index (χ4n) is 1.45. The van der Waals surface area contributed by atoms with Crippen LogP contribution in [0.15, 0.2) is 12.3 Å². The van der Waals surface area contributed by atoms with Crippen LogP contribution in [0.5, 0.6) is 0 Å². The molecule has 1 rings (SSSR count). The van der Waals surface area contributed by atoms with Crippen LogP contribution in [0.3, 0.4) is 0 Å². The van der Waals surface area contributed by atoms with Gasteiger partial charge in [-0.2, -0.15) is 10.4 Å². The molecule has 0 saturated carbocycles. The summed E-state index contributed by atoms with van der Waals surface area (Å²) < 4.78 is 1.89. The van der Waals surface area contributed by atoms with Gasteiger partial charge in [-0.05, 0) is 20.0 Å². The molecule has 1 atom stereocenters. The van der Waals surface area contributed by atoms with Crippen molar-refractivity contribution in [3.63, 3.8) is 0 Å². The number of aryl methyl sites for hydroxylation is 1. The predicted octanol–water partition coefficient (Wildman–Crippen LogP) is 1.20. The Bertz CT molecular complexity index is 337. The van der Waals surface area contributed by atoms with E-state index < -0.39 is 0 Å². The molecular formula is C11H18N4. The topological polar surface area (TPSA) is 44.9 Å². The molecule has 0 bridgehead atoms. The number of hydrogen-bond donors (Lipinski definition) is 0. The van der Waals surface area contributed by atoms with Crippen LogP contribution in [0.25, 0.3) is 0 Å². The van der Waals surface area contributed by atoms with Gasteiger partial charge in [0, 0.05) is 37.9 Å². The minimum Gasteiger partial charge on any atom is -0.302 e. The zero-order valence-electron chi connectivity index (χ0n) is 9.64. The van der Waals surface area contributed by atoms with Crippen LogP contribution < -0.4 is 0 Å². The molecule has 4 heteroatoms. The van der Waals surface area contributed by atoms with Crippen molar-refractivity contribution in [1.29, 1.82) is 5.26 Å². The van der Waals surface area contributed by atoms with Crippen molar-refractivity contribution in [3.05, 3.63) is 18.0 Å². The summed E-state index contributed by atoms with van der Waals surface area (Å²) in [6, 6.07) is 4.55. The van der Waals surface area contributed by atoms with Crippen LogP contribution in [0.2, 0.25) is 0 Å². The number of rotatable bonds is 5. The molecule has 0 radical (unpaired) electrons. The first-order chi connectivity index (χ1) is 7.15. The Balaban J connectivity index is 2.38. The van der Waals surface area contributed by atoms with Crippen LogP contribution in [0, 0.1) is 11.3 Å². The van der Waals surface area contributed by atoms with Gasteiger partial charge in [-0.1, -0.05) is 0 Å². The third kappa shape index (κ3) is 3.37. The van der Waals surface area contributed by atoms with Gasteiger partial charge in [-0.3, -0.25) is 4.68 Å². The van der Waals surface area contributed by atoms with E-state index >= 15 is 0 Å². The Morgan fingerprint density at radius 2 is 2.40 bits per heavy atom. The van der Waals surface area contributed by atoms with Gasteiger partial charge < -0.3 is 4.90 Å². The summed E-state index contributed by atoms with van der Waals surface area (Å²) in [6.45, 7) is 3.04. The Morgan fingerprint density at radius 3 is 2.93 bits per heavy atom. The van der Waals surface area contributed by atoms with Crippen molar-refractivity contribution in [1.82, 2.24) is 14.7 Å². The zero-order valence-corrected chi connectivity index (χ0v) is 9.64. The van der Waals surface area contributed by atoms with E-state index in [1.807, 2.05) is 24.0 Å². The van der Waals surface area contributed by atoms with Crippen molar-refractivity contribution in [3.8, 4) is 6.07 Å². The average molecular weight is 206 g/mol. The molecular weight excluding hydrogens is 188 g/mol. The first-order valence-electron chi connectivity index (χ1n) is 5.19. The minimum absolute atomic E-state index is 0.322. The summed E-state index contributed by atoms with van der Waals surface area (Å²) in [7, 11) is 4.01. The zero-order chi connectivity index (χ0) is 11.3. The van der Waals surface area contributed by atoms with Crippen molar-refractivity contribution in [2.75, 3.05) is 13.6 Å². The monoisotopic (exact) mass is 206 g/mol. The van der Waals surface area contributed by atoms with Gasteiger partial charge in [-0.15, -0.1) is 0 Å². The molecule has 1 aromatic rings. The first-order valence-corrected chi connectivity index (χ1v) is 5.19. The van der Waals surface area contributed by atoms with Crippen LogP contribution in [0.4, 0.5) is 0 Å². The SMILES string of the molecule is CC(CC#N)N(C)CCc1ccnn1C. The van der Waals surface area contributed by atoms with Gasteiger partial charge in [0.15, 0.2) is 0 Å². The summed E-state index contributed by atoms with van der Waals surface area (Å²) >= 11 is 0. The van der Waals surface area contributed by atoms with Gasteiger partial charge in [0.1, 0.15) is 0 Å². The van der Waals surface area contributed by atoms with Crippen LogP contribution in [-0.2, 0) is 13.5 Å². The molecule has 0 amide bonds. The molecule has 82 valence electrons. The molecule has 0 fully saturated rings. The summed E-state index contributed by atoms with van der Waals surface area (Å²) in [5.74, 6) is 0. The standard InChI is InChI=1S/C11H18N4/c1-10(4-7-12)14(2)9-6-11-5-8-13-15(11)3/h5,8,10H,4,6,9H2,1-3H3. The smallest absolute Gasteiger partial charge is 0.0638 e. The lowest BCUT2D eigenvalue weighted by molar-refractivity contribution is 0.262. The van der Waals surface area contributed by atoms with E-state index in [0.29, 0.717) is 12.5 Å². The van der Waals surface area contributed by atoms with Crippen molar-refractivity contribution in [2.24, 2.45) is 7.05 Å². The summed E-state index contributed by atoms with van der Waals surface area (Å²) in [5, 5.41) is 12.7. The van der Waals surface area contributed by atoms with E-state index in [-0.39, 0.29) is 0 Å². The molecule has 0 aromatic carbocycles. The van der Waals surface area contributed by atoms with Crippen molar-refractivity contribution >= 4 is 0 Å². The maximum atomic E-state index is 8.59. The Labute approximate surface area is 91.1 Å². The Kier molecular flexibility index (Phi) is 4.32. The number of likely N-dealkylation sites (N-methyl/N-ethyl adjacent to an activating group) is 1. The van der Waals surface area contributed by atoms with Gasteiger partial charge in [-0.25, -0.2) is 0 Å². The highest BCUT2D eigenvalue weighted by Crippen LogP contribution is 2.03. The lowest BCUT2D eigenvalue weighted by Crippen LogP contribution is -2.30. The highest BCUT2D eigenvalue weighted by Gasteiger charge is 2.09. The fourth-order valence-corrected chi connectivity index (χ4v) is 1.45. The second kappa shape index (κ2) is 5.52. The van der Waals surface area contributed by atoms with E-state index in [1.54, 1.807) is 0 Å². The maximum Gasteiger partial charge on any atom is 0.0638 e. The van der Waals surface area contributed by atoms with Crippen molar-refractivity contribution < 1.29 is 0 Å². The molecule has 0 aliphatic rings. The molecule has 0 spiro atoms. The van der Waals surface area contributed by atoms with Crippen LogP contribution in [-0.4, -0.2) is 34.3 Å². The summed E-state index contributed by atoms with van der Waals surface area (Å²) in [5.41, 5.74) is 1.23. The molecule has 1 unspecified atom stereocenters. The number of nitrogens with zero attached hydrogens (tertiary/aromatic N) is 4. The van der Waals surface area contributed by atoms with Gasteiger partial charge in [0.25, 0.3) is 0 Å². The molecule has 0 N–H and O–H groups in total. The van der Waals surface area contributed by atoms with E-state index in [9.17, 15) is 0 Å². The summed E-state index contributed by atoms with van der Waals surface area (Å²) in [6.07, 6.45) is 3.37. The Hall–Kier alpha value is -1.34. The molecule has 15 heavy (non-hydrogen) atoms. The second-order valence-corrected chi connectivity index (χ2v) is 3.89. The van der Waals surface area contributed by atoms with Crippen LogP contribution >= 0.6 is 0 Å². The van der Waals surface area contributed by atoms with E-state index in [2.05, 4.69) is 30.0 Å². The predicted molar refractivity (Wildman–Crippen MR) is 59.2 cm³/mol. The second-order valence-electron chi connectivity index (χ2n) is 3.89. The maximum absolute atomic E-state index is 8.59. The normalized spacial score (nSPS) is 12.7.